The molecular formula is C17H19N3O2S. The van der Waals surface area contributed by atoms with Crippen molar-refractivity contribution in [3.63, 3.8) is 0 Å². The number of hydrogen-bond donors (Lipinski definition) is 1. The molecule has 23 heavy (non-hydrogen) atoms. The lowest BCUT2D eigenvalue weighted by atomic mass is 10.2. The predicted octanol–water partition coefficient (Wildman–Crippen LogP) is 2.91. The van der Waals surface area contributed by atoms with E-state index in [1.54, 1.807) is 24.6 Å². The van der Waals surface area contributed by atoms with Crippen molar-refractivity contribution in [2.24, 2.45) is 0 Å². The van der Waals surface area contributed by atoms with Gasteiger partial charge >= 0.3 is 0 Å². The molecule has 3 rings (SSSR count). The summed E-state index contributed by atoms with van der Waals surface area (Å²) in [6.07, 6.45) is 6.66. The molecule has 0 aliphatic rings. The first kappa shape index (κ1) is 15.7. The summed E-state index contributed by atoms with van der Waals surface area (Å²) in [5.41, 5.74) is 0.448. The third-order valence-corrected chi connectivity index (χ3v) is 4.40. The van der Waals surface area contributed by atoms with Gasteiger partial charge in [0, 0.05) is 54.5 Å². The minimum absolute atomic E-state index is 0.144. The topological polar surface area (TPSA) is 56.1 Å². The van der Waals surface area contributed by atoms with E-state index in [1.807, 2.05) is 6.07 Å². The summed E-state index contributed by atoms with van der Waals surface area (Å²) in [7, 11) is 1.65. The Morgan fingerprint density at radius 1 is 1.39 bits per heavy atom. The summed E-state index contributed by atoms with van der Waals surface area (Å²) in [6.45, 7) is 2.06. The highest BCUT2D eigenvalue weighted by Gasteiger charge is 2.09. The van der Waals surface area contributed by atoms with Crippen LogP contribution in [0.25, 0.3) is 10.8 Å². The molecule has 1 amide bonds. The lowest BCUT2D eigenvalue weighted by molar-refractivity contribution is 0.0944. The number of methoxy groups -OCH3 is 1. The van der Waals surface area contributed by atoms with Crippen LogP contribution in [0.4, 0.5) is 0 Å². The highest BCUT2D eigenvalue weighted by Crippen LogP contribution is 2.18. The van der Waals surface area contributed by atoms with Crippen molar-refractivity contribution in [3.8, 4) is 0 Å². The Balaban J connectivity index is 1.70. The van der Waals surface area contributed by atoms with E-state index in [1.165, 1.54) is 4.88 Å². The van der Waals surface area contributed by atoms with Crippen molar-refractivity contribution in [1.29, 1.82) is 0 Å². The quantitative estimate of drug-likeness (QED) is 0.678. The van der Waals surface area contributed by atoms with Gasteiger partial charge in [0.1, 0.15) is 5.69 Å². The zero-order valence-electron chi connectivity index (χ0n) is 13.0. The van der Waals surface area contributed by atoms with Gasteiger partial charge in [-0.05, 0) is 23.9 Å². The minimum atomic E-state index is -0.144. The molecule has 0 bridgehead atoms. The largest absolute Gasteiger partial charge is 0.385 e. The molecule has 0 saturated heterocycles. The number of amides is 1. The predicted molar refractivity (Wildman–Crippen MR) is 92.0 cm³/mol. The lowest BCUT2D eigenvalue weighted by Gasteiger charge is -2.04. The number of hydrogen-bond acceptors (Lipinski definition) is 4. The summed E-state index contributed by atoms with van der Waals surface area (Å²) < 4.78 is 7.09. The fraction of sp³-hybridized carbons (Fsp3) is 0.294. The Bertz CT molecular complexity index is 780. The number of ether oxygens (including phenoxy) is 1. The first-order chi connectivity index (χ1) is 11.3. The van der Waals surface area contributed by atoms with Gasteiger partial charge in [0.2, 0.25) is 0 Å². The molecule has 6 heteroatoms. The second kappa shape index (κ2) is 7.39. The molecule has 1 N–H and O–H groups in total. The van der Waals surface area contributed by atoms with E-state index in [2.05, 4.69) is 44.8 Å². The summed E-state index contributed by atoms with van der Waals surface area (Å²) in [6, 6.07) is 6.01. The number of thiophene rings is 1. The van der Waals surface area contributed by atoms with Gasteiger partial charge in [-0.3, -0.25) is 9.78 Å². The molecule has 0 aliphatic carbocycles. The van der Waals surface area contributed by atoms with Crippen LogP contribution in [0.3, 0.4) is 0 Å². The van der Waals surface area contributed by atoms with Crippen LogP contribution in [0.15, 0.2) is 42.2 Å². The summed E-state index contributed by atoms with van der Waals surface area (Å²) in [5.74, 6) is -0.144. The van der Waals surface area contributed by atoms with Crippen LogP contribution in [0.1, 0.15) is 21.8 Å². The van der Waals surface area contributed by atoms with Crippen molar-refractivity contribution < 1.29 is 9.53 Å². The minimum Gasteiger partial charge on any atom is -0.385 e. The van der Waals surface area contributed by atoms with Crippen LogP contribution < -0.4 is 5.32 Å². The molecule has 5 nitrogen and oxygen atoms in total. The average molecular weight is 329 g/mol. The Labute approximate surface area is 138 Å². The van der Waals surface area contributed by atoms with Crippen LogP contribution in [0.2, 0.25) is 0 Å². The van der Waals surface area contributed by atoms with Crippen LogP contribution in [0.5, 0.6) is 0 Å². The van der Waals surface area contributed by atoms with Crippen LogP contribution >= 0.6 is 11.3 Å². The second-order valence-electron chi connectivity index (χ2n) is 5.31. The first-order valence-corrected chi connectivity index (χ1v) is 8.39. The number of nitrogens with one attached hydrogen (secondary N) is 1. The second-order valence-corrected chi connectivity index (χ2v) is 6.34. The van der Waals surface area contributed by atoms with Crippen molar-refractivity contribution >= 4 is 28.0 Å². The van der Waals surface area contributed by atoms with Gasteiger partial charge in [-0.15, -0.1) is 11.3 Å². The Morgan fingerprint density at radius 3 is 3.04 bits per heavy atom. The molecule has 3 heterocycles. The third kappa shape index (κ3) is 3.97. The van der Waals surface area contributed by atoms with Gasteiger partial charge in [-0.1, -0.05) is 6.07 Å². The molecule has 0 aliphatic heterocycles. The number of nitrogens with zero attached hydrogens (tertiary/aromatic N) is 2. The van der Waals surface area contributed by atoms with E-state index >= 15 is 0 Å². The number of carbonyl (C=O) groups excluding carboxylic acids is 1. The molecular weight excluding hydrogens is 310 g/mol. The zero-order chi connectivity index (χ0) is 16.1. The maximum Gasteiger partial charge on any atom is 0.269 e. The van der Waals surface area contributed by atoms with Crippen LogP contribution in [-0.4, -0.2) is 35.7 Å². The van der Waals surface area contributed by atoms with Gasteiger partial charge in [0.15, 0.2) is 0 Å². The Kier molecular flexibility index (Phi) is 5.05. The Hall–Kier alpha value is -2.18. The Morgan fingerprint density at radius 2 is 2.26 bits per heavy atom. The van der Waals surface area contributed by atoms with Gasteiger partial charge in [-0.25, -0.2) is 0 Å². The van der Waals surface area contributed by atoms with E-state index in [-0.39, 0.29) is 5.91 Å². The molecule has 0 spiro atoms. The van der Waals surface area contributed by atoms with Gasteiger partial charge in [0.25, 0.3) is 5.91 Å². The van der Waals surface area contributed by atoms with Crippen molar-refractivity contribution in [3.05, 3.63) is 52.7 Å². The van der Waals surface area contributed by atoms with Crippen molar-refractivity contribution in [1.82, 2.24) is 14.9 Å². The third-order valence-electron chi connectivity index (χ3n) is 3.54. The molecule has 0 fully saturated rings. The fourth-order valence-corrected chi connectivity index (χ4v) is 3.12. The normalized spacial score (nSPS) is 11.0. The number of aromatic nitrogens is 2. The highest BCUT2D eigenvalue weighted by molar-refractivity contribution is 7.09. The smallest absolute Gasteiger partial charge is 0.269 e. The lowest BCUT2D eigenvalue weighted by Crippen LogP contribution is -2.25. The first-order valence-electron chi connectivity index (χ1n) is 7.51. The van der Waals surface area contributed by atoms with Crippen molar-refractivity contribution in [2.45, 2.75) is 13.0 Å². The number of pyridine rings is 1. The standard InChI is InChI=1S/C17H19N3O2S/c1-22-6-3-5-18-17(21)16-8-13-10-20(11-14(13)9-19-16)12-15-4-2-7-23-15/h2,4,7-11H,3,5-6,12H2,1H3,(H,18,21). The van der Waals surface area contributed by atoms with E-state index in [0.29, 0.717) is 18.8 Å². The van der Waals surface area contributed by atoms with E-state index < -0.39 is 0 Å². The molecule has 0 aromatic carbocycles. The zero-order valence-corrected chi connectivity index (χ0v) is 13.8. The maximum absolute atomic E-state index is 12.1. The molecule has 0 saturated carbocycles. The summed E-state index contributed by atoms with van der Waals surface area (Å²) in [4.78, 5) is 17.7. The van der Waals surface area contributed by atoms with Gasteiger partial charge in [0.05, 0.1) is 6.54 Å². The molecule has 3 aromatic heterocycles. The number of fused-ring (bicyclic) bond motifs is 1. The molecule has 0 unspecified atom stereocenters. The monoisotopic (exact) mass is 329 g/mol. The van der Waals surface area contributed by atoms with Crippen molar-refractivity contribution in [2.75, 3.05) is 20.3 Å². The highest BCUT2D eigenvalue weighted by atomic mass is 32.1. The summed E-state index contributed by atoms with van der Waals surface area (Å²) in [5, 5.41) is 7.00. The fourth-order valence-electron chi connectivity index (χ4n) is 2.40. The SMILES string of the molecule is COCCCNC(=O)c1cc2cn(Cc3cccs3)cc2cn1. The van der Waals surface area contributed by atoms with Gasteiger partial charge < -0.3 is 14.6 Å². The molecule has 120 valence electrons. The van der Waals surface area contributed by atoms with Crippen LogP contribution in [0, 0.1) is 0 Å². The summed E-state index contributed by atoms with van der Waals surface area (Å²) >= 11 is 1.74. The maximum atomic E-state index is 12.1. The molecule has 0 radical (unpaired) electrons. The van der Waals surface area contributed by atoms with E-state index in [9.17, 15) is 4.79 Å². The van der Waals surface area contributed by atoms with Crippen LogP contribution in [-0.2, 0) is 11.3 Å². The molecule has 0 atom stereocenters. The number of carbonyl (C=O) groups is 1. The van der Waals surface area contributed by atoms with Gasteiger partial charge in [-0.2, -0.15) is 0 Å². The molecule has 3 aromatic rings. The number of rotatable bonds is 7. The van der Waals surface area contributed by atoms with E-state index in [0.717, 1.165) is 23.7 Å². The van der Waals surface area contributed by atoms with E-state index in [4.69, 9.17) is 4.74 Å². The average Bonchev–Trinajstić information content (AvgIpc) is 3.19.